The van der Waals surface area contributed by atoms with E-state index in [1.807, 2.05) is 19.1 Å². The minimum Gasteiger partial charge on any atom is -0.361 e. The molecule has 1 saturated heterocycles. The number of nitrogens with zero attached hydrogens (tertiary/aromatic N) is 2. The number of amides is 4. The lowest BCUT2D eigenvalue weighted by atomic mass is 10.0. The molecule has 0 aliphatic carbocycles. The second-order valence-electron chi connectivity index (χ2n) is 7.83. The van der Waals surface area contributed by atoms with E-state index in [-0.39, 0.29) is 30.7 Å². The van der Waals surface area contributed by atoms with Gasteiger partial charge in [0.25, 0.3) is 5.91 Å². The number of hydrogen-bond donors (Lipinski definition) is 3. The Balaban J connectivity index is 1.33. The van der Waals surface area contributed by atoms with Gasteiger partial charge in [0, 0.05) is 25.1 Å². The number of halogens is 1. The van der Waals surface area contributed by atoms with Crippen LogP contribution in [0.3, 0.4) is 0 Å². The van der Waals surface area contributed by atoms with Gasteiger partial charge in [0.2, 0.25) is 17.7 Å². The largest absolute Gasteiger partial charge is 0.361 e. The molecule has 32 heavy (non-hydrogen) atoms. The number of nitrogens with one attached hydrogen (secondary N) is 3. The summed E-state index contributed by atoms with van der Waals surface area (Å²) in [7, 11) is 0. The van der Waals surface area contributed by atoms with E-state index >= 15 is 0 Å². The zero-order valence-electron chi connectivity index (χ0n) is 17.4. The van der Waals surface area contributed by atoms with Crippen LogP contribution in [0.15, 0.2) is 30.3 Å². The highest BCUT2D eigenvalue weighted by atomic mass is 35.5. The molecule has 1 fully saturated rings. The minimum atomic E-state index is -0.647. The number of hydrogen-bond acceptors (Lipinski definition) is 6. The molecule has 2 aliphatic heterocycles. The van der Waals surface area contributed by atoms with E-state index in [0.717, 1.165) is 16.7 Å². The fourth-order valence-corrected chi connectivity index (χ4v) is 3.93. The minimum absolute atomic E-state index is 0.0408. The van der Waals surface area contributed by atoms with Crippen LogP contribution in [0.4, 0.5) is 5.82 Å². The molecule has 9 nitrogen and oxygen atoms in total. The number of aromatic nitrogens is 1. The molecular weight excluding hydrogens is 434 g/mol. The molecular formula is C22H22ClN5O4. The van der Waals surface area contributed by atoms with Crippen LogP contribution in [-0.4, -0.2) is 46.1 Å². The van der Waals surface area contributed by atoms with Gasteiger partial charge in [-0.25, -0.2) is 4.98 Å². The van der Waals surface area contributed by atoms with Gasteiger partial charge in [0.15, 0.2) is 0 Å². The van der Waals surface area contributed by atoms with Crippen molar-refractivity contribution in [1.29, 1.82) is 0 Å². The van der Waals surface area contributed by atoms with E-state index in [1.54, 1.807) is 18.2 Å². The molecule has 0 bridgehead atoms. The summed E-state index contributed by atoms with van der Waals surface area (Å²) in [6, 6.07) is 8.26. The van der Waals surface area contributed by atoms with Crippen molar-refractivity contribution in [3.05, 3.63) is 57.7 Å². The first-order valence-corrected chi connectivity index (χ1v) is 10.6. The van der Waals surface area contributed by atoms with E-state index < -0.39 is 11.9 Å². The van der Waals surface area contributed by atoms with Gasteiger partial charge in [0.05, 0.1) is 6.54 Å². The van der Waals surface area contributed by atoms with Gasteiger partial charge in [-0.3, -0.25) is 24.5 Å². The zero-order chi connectivity index (χ0) is 22.8. The number of carbonyl (C=O) groups excluding carboxylic acids is 4. The van der Waals surface area contributed by atoms with Crippen LogP contribution in [0.5, 0.6) is 0 Å². The molecule has 4 amide bonds. The molecule has 166 valence electrons. The van der Waals surface area contributed by atoms with E-state index in [1.165, 1.54) is 4.90 Å². The molecule has 2 aliphatic rings. The van der Waals surface area contributed by atoms with Crippen molar-refractivity contribution >= 4 is 41.0 Å². The first-order chi connectivity index (χ1) is 15.3. The zero-order valence-corrected chi connectivity index (χ0v) is 18.2. The maximum atomic E-state index is 12.7. The van der Waals surface area contributed by atoms with Crippen LogP contribution in [0.1, 0.15) is 39.9 Å². The first-order valence-electron chi connectivity index (χ1n) is 10.2. The molecule has 0 saturated carbocycles. The monoisotopic (exact) mass is 455 g/mol. The normalized spacial score (nSPS) is 17.8. The van der Waals surface area contributed by atoms with E-state index in [0.29, 0.717) is 36.0 Å². The molecule has 10 heteroatoms. The van der Waals surface area contributed by atoms with Gasteiger partial charge in [-0.15, -0.1) is 0 Å². The van der Waals surface area contributed by atoms with Crippen LogP contribution in [0, 0.1) is 6.92 Å². The van der Waals surface area contributed by atoms with Gasteiger partial charge in [0.1, 0.15) is 17.0 Å². The molecule has 4 rings (SSSR count). The number of rotatable bonds is 6. The highest BCUT2D eigenvalue weighted by Gasteiger charge is 2.39. The van der Waals surface area contributed by atoms with Crippen LogP contribution < -0.4 is 16.0 Å². The summed E-state index contributed by atoms with van der Waals surface area (Å²) in [5.41, 5.74) is 3.02. The maximum absolute atomic E-state index is 12.7. The average molecular weight is 456 g/mol. The van der Waals surface area contributed by atoms with Gasteiger partial charge in [-0.1, -0.05) is 29.8 Å². The lowest BCUT2D eigenvalue weighted by Crippen LogP contribution is -2.52. The Morgan fingerprint density at radius 2 is 2.06 bits per heavy atom. The van der Waals surface area contributed by atoms with Crippen molar-refractivity contribution in [2.24, 2.45) is 0 Å². The summed E-state index contributed by atoms with van der Waals surface area (Å²) in [5, 5.41) is 8.42. The molecule has 3 N–H and O–H groups in total. The summed E-state index contributed by atoms with van der Waals surface area (Å²) < 4.78 is 0. The number of aryl methyl sites for hydroxylation is 1. The number of fused-ring (bicyclic) bond motifs is 1. The van der Waals surface area contributed by atoms with Crippen LogP contribution in [0.2, 0.25) is 5.15 Å². The number of benzene rings is 1. The molecule has 0 spiro atoms. The topological polar surface area (TPSA) is 120 Å². The highest BCUT2D eigenvalue weighted by molar-refractivity contribution is 6.30. The van der Waals surface area contributed by atoms with E-state index in [9.17, 15) is 19.2 Å². The fourth-order valence-electron chi connectivity index (χ4n) is 3.77. The van der Waals surface area contributed by atoms with Gasteiger partial charge in [-0.2, -0.15) is 0 Å². The Bertz CT molecular complexity index is 1120. The Hall–Kier alpha value is -3.46. The van der Waals surface area contributed by atoms with Gasteiger partial charge in [-0.05, 0) is 42.2 Å². The molecule has 1 atom stereocenters. The van der Waals surface area contributed by atoms with Crippen molar-refractivity contribution in [3.8, 4) is 0 Å². The number of imide groups is 1. The summed E-state index contributed by atoms with van der Waals surface area (Å²) in [6.07, 6.45) is 0.535. The van der Waals surface area contributed by atoms with Crippen molar-refractivity contribution in [2.45, 2.75) is 38.9 Å². The molecule has 2 aromatic rings. The molecule has 1 aromatic heterocycles. The number of pyridine rings is 1. The predicted molar refractivity (Wildman–Crippen MR) is 117 cm³/mol. The molecule has 0 radical (unpaired) electrons. The third-order valence-corrected chi connectivity index (χ3v) is 5.93. The number of carbonyl (C=O) groups is 4. The van der Waals surface area contributed by atoms with Crippen LogP contribution in [0.25, 0.3) is 0 Å². The Morgan fingerprint density at radius 3 is 2.81 bits per heavy atom. The predicted octanol–water partition coefficient (Wildman–Crippen LogP) is 1.53. The molecule has 3 heterocycles. The quantitative estimate of drug-likeness (QED) is 0.449. The average Bonchev–Trinajstić information content (AvgIpc) is 3.08. The highest BCUT2D eigenvalue weighted by Crippen LogP contribution is 2.28. The van der Waals surface area contributed by atoms with Crippen LogP contribution in [-0.2, 0) is 27.5 Å². The molecule has 1 unspecified atom stereocenters. The van der Waals surface area contributed by atoms with Crippen LogP contribution >= 0.6 is 11.6 Å². The SMILES string of the molecule is Cc1ccc(NCC(=O)NCc2ccc3c(c2)CN(C2CCC(=O)NC2=O)C3=O)nc1Cl. The van der Waals surface area contributed by atoms with Gasteiger partial charge < -0.3 is 15.5 Å². The smallest absolute Gasteiger partial charge is 0.255 e. The second kappa shape index (κ2) is 8.96. The first kappa shape index (κ1) is 21.8. The fraction of sp³-hybridized carbons (Fsp3) is 0.318. The Labute approximate surface area is 189 Å². The lowest BCUT2D eigenvalue weighted by molar-refractivity contribution is -0.137. The van der Waals surface area contributed by atoms with Gasteiger partial charge >= 0.3 is 0 Å². The van der Waals surface area contributed by atoms with Crippen molar-refractivity contribution in [3.63, 3.8) is 0 Å². The third-order valence-electron chi connectivity index (χ3n) is 5.54. The van der Waals surface area contributed by atoms with Crippen molar-refractivity contribution in [2.75, 3.05) is 11.9 Å². The second-order valence-corrected chi connectivity index (χ2v) is 8.18. The number of anilines is 1. The van der Waals surface area contributed by atoms with E-state index in [2.05, 4.69) is 20.9 Å². The molecule has 1 aromatic carbocycles. The number of piperidine rings is 1. The maximum Gasteiger partial charge on any atom is 0.255 e. The van der Waals surface area contributed by atoms with E-state index in [4.69, 9.17) is 11.6 Å². The standard InChI is InChI=1S/C22H22ClN5O4/c1-12-2-6-17(26-20(12)23)24-10-19(30)25-9-13-3-4-15-14(8-13)11-28(22(15)32)16-5-7-18(29)27-21(16)31/h2-4,6,8,16H,5,7,9-11H2,1H3,(H,24,26)(H,25,30)(H,27,29,31). The third kappa shape index (κ3) is 4.57. The summed E-state index contributed by atoms with van der Waals surface area (Å²) in [5.74, 6) is -0.681. The summed E-state index contributed by atoms with van der Waals surface area (Å²) in [4.78, 5) is 54.1. The summed E-state index contributed by atoms with van der Waals surface area (Å²) >= 11 is 5.99. The Morgan fingerprint density at radius 1 is 1.25 bits per heavy atom. The van der Waals surface area contributed by atoms with Crippen molar-refractivity contribution < 1.29 is 19.2 Å². The van der Waals surface area contributed by atoms with Crippen molar-refractivity contribution in [1.82, 2.24) is 20.5 Å². The Kier molecular flexibility index (Phi) is 6.09. The summed E-state index contributed by atoms with van der Waals surface area (Å²) in [6.45, 7) is 2.48. The lowest BCUT2D eigenvalue weighted by Gasteiger charge is -2.29.